The minimum atomic E-state index is -0.863. The summed E-state index contributed by atoms with van der Waals surface area (Å²) in [6.07, 6.45) is 1.42. The molecule has 0 amide bonds. The van der Waals surface area contributed by atoms with Gasteiger partial charge in [0.25, 0.3) is 0 Å². The van der Waals surface area contributed by atoms with Crippen molar-refractivity contribution in [2.24, 2.45) is 4.99 Å². The van der Waals surface area contributed by atoms with Crippen LogP contribution in [0.5, 0.6) is 0 Å². The van der Waals surface area contributed by atoms with Crippen LogP contribution in [-0.2, 0) is 4.79 Å². The van der Waals surface area contributed by atoms with E-state index in [0.717, 1.165) is 0 Å². The van der Waals surface area contributed by atoms with Crippen molar-refractivity contribution < 1.29 is 9.90 Å². The molecule has 0 aromatic rings. The third-order valence-corrected chi connectivity index (χ3v) is 1.13. The molecule has 0 spiro atoms. The van der Waals surface area contributed by atoms with E-state index in [1.807, 2.05) is 0 Å². The number of rotatable bonds is 1. The highest BCUT2D eigenvalue weighted by atomic mass is 16.4. The van der Waals surface area contributed by atoms with Crippen molar-refractivity contribution in [3.63, 3.8) is 0 Å². The molecule has 1 atom stereocenters. The third-order valence-electron chi connectivity index (χ3n) is 1.13. The van der Waals surface area contributed by atoms with Gasteiger partial charge in [0.2, 0.25) is 0 Å². The summed E-state index contributed by atoms with van der Waals surface area (Å²) < 4.78 is 0. The van der Waals surface area contributed by atoms with Crippen LogP contribution in [0.4, 0.5) is 0 Å². The Morgan fingerprint density at radius 1 is 1.89 bits per heavy atom. The summed E-state index contributed by atoms with van der Waals surface area (Å²) in [6.45, 7) is 1.34. The SMILES string of the molecule is O=C(O)[C@H]1C=NCCN1. The molecule has 1 aliphatic rings. The summed E-state index contributed by atoms with van der Waals surface area (Å²) >= 11 is 0. The Kier molecular flexibility index (Phi) is 1.79. The van der Waals surface area contributed by atoms with Crippen molar-refractivity contribution in [2.45, 2.75) is 6.04 Å². The lowest BCUT2D eigenvalue weighted by atomic mass is 10.3. The molecule has 1 rings (SSSR count). The maximum absolute atomic E-state index is 10.2. The quantitative estimate of drug-likeness (QED) is 0.481. The van der Waals surface area contributed by atoms with E-state index in [2.05, 4.69) is 10.3 Å². The fourth-order valence-corrected chi connectivity index (χ4v) is 0.668. The minimum Gasteiger partial charge on any atom is -0.480 e. The highest BCUT2D eigenvalue weighted by Crippen LogP contribution is 1.85. The first-order valence-electron chi connectivity index (χ1n) is 2.77. The summed E-state index contributed by atoms with van der Waals surface area (Å²) in [5.41, 5.74) is 0. The van der Waals surface area contributed by atoms with E-state index in [4.69, 9.17) is 5.11 Å². The number of hydrogen-bond donors (Lipinski definition) is 2. The molecule has 50 valence electrons. The van der Waals surface area contributed by atoms with Gasteiger partial charge in [-0.1, -0.05) is 0 Å². The largest absolute Gasteiger partial charge is 0.480 e. The summed E-state index contributed by atoms with van der Waals surface area (Å²) in [4.78, 5) is 14.0. The Labute approximate surface area is 52.6 Å². The second kappa shape index (κ2) is 2.59. The zero-order valence-electron chi connectivity index (χ0n) is 4.87. The highest BCUT2D eigenvalue weighted by Gasteiger charge is 2.14. The standard InChI is InChI=1S/C5H8N2O2/c8-5(9)4-3-6-1-2-7-4/h3-4,7H,1-2H2,(H,8,9)/t4-/m1/s1. The number of aliphatic imine (C=N–C) groups is 1. The molecule has 1 aliphatic heterocycles. The van der Waals surface area contributed by atoms with E-state index in [1.165, 1.54) is 6.21 Å². The number of carboxylic acids is 1. The molecule has 0 bridgehead atoms. The predicted molar refractivity (Wildman–Crippen MR) is 32.8 cm³/mol. The molecule has 4 heteroatoms. The van der Waals surface area contributed by atoms with Gasteiger partial charge in [0.1, 0.15) is 6.04 Å². The first-order valence-corrected chi connectivity index (χ1v) is 2.77. The fourth-order valence-electron chi connectivity index (χ4n) is 0.668. The van der Waals surface area contributed by atoms with Crippen LogP contribution in [0.1, 0.15) is 0 Å². The lowest BCUT2D eigenvalue weighted by Gasteiger charge is -2.11. The lowest BCUT2D eigenvalue weighted by molar-refractivity contribution is -0.137. The maximum Gasteiger partial charge on any atom is 0.326 e. The van der Waals surface area contributed by atoms with Gasteiger partial charge in [-0.2, -0.15) is 0 Å². The molecule has 0 aliphatic carbocycles. The van der Waals surface area contributed by atoms with E-state index < -0.39 is 12.0 Å². The van der Waals surface area contributed by atoms with Crippen molar-refractivity contribution in [1.82, 2.24) is 5.32 Å². The average Bonchev–Trinajstić information content (AvgIpc) is 1.90. The van der Waals surface area contributed by atoms with E-state index >= 15 is 0 Å². The number of carboxylic acid groups (broad SMARTS) is 1. The number of hydrogen-bond acceptors (Lipinski definition) is 3. The molecule has 2 N–H and O–H groups in total. The van der Waals surface area contributed by atoms with Gasteiger partial charge in [-0.15, -0.1) is 0 Å². The number of nitrogens with zero attached hydrogens (tertiary/aromatic N) is 1. The van der Waals surface area contributed by atoms with E-state index in [9.17, 15) is 4.79 Å². The molecule has 0 aromatic heterocycles. The Morgan fingerprint density at radius 2 is 2.67 bits per heavy atom. The van der Waals surface area contributed by atoms with Crippen LogP contribution in [0, 0.1) is 0 Å². The van der Waals surface area contributed by atoms with E-state index in [0.29, 0.717) is 13.1 Å². The third kappa shape index (κ3) is 1.50. The van der Waals surface area contributed by atoms with Gasteiger partial charge < -0.3 is 5.11 Å². The highest BCUT2D eigenvalue weighted by molar-refractivity contribution is 5.93. The zero-order chi connectivity index (χ0) is 6.69. The van der Waals surface area contributed by atoms with Crippen LogP contribution < -0.4 is 5.32 Å². The van der Waals surface area contributed by atoms with Crippen LogP contribution in [-0.4, -0.2) is 36.4 Å². The smallest absolute Gasteiger partial charge is 0.326 e. The first-order chi connectivity index (χ1) is 4.30. The lowest BCUT2D eigenvalue weighted by Crippen LogP contribution is -2.42. The van der Waals surface area contributed by atoms with Crippen molar-refractivity contribution in [3.05, 3.63) is 0 Å². The molecule has 0 fully saturated rings. The van der Waals surface area contributed by atoms with Gasteiger partial charge in [-0.3, -0.25) is 15.1 Å². The van der Waals surface area contributed by atoms with Crippen LogP contribution in [0.15, 0.2) is 4.99 Å². The Bertz CT molecular complexity index is 144. The van der Waals surface area contributed by atoms with Crippen molar-refractivity contribution >= 4 is 12.2 Å². The molecule has 0 saturated heterocycles. The molecule has 0 saturated carbocycles. The number of carbonyl (C=O) groups is 1. The van der Waals surface area contributed by atoms with Crippen molar-refractivity contribution in [3.8, 4) is 0 Å². The molecule has 0 unspecified atom stereocenters. The molecule has 9 heavy (non-hydrogen) atoms. The molecular weight excluding hydrogens is 120 g/mol. The van der Waals surface area contributed by atoms with Gasteiger partial charge in [-0.25, -0.2) is 0 Å². The predicted octanol–water partition coefficient (Wildman–Crippen LogP) is -0.886. The minimum absolute atomic E-state index is 0.571. The second-order valence-corrected chi connectivity index (χ2v) is 1.83. The van der Waals surface area contributed by atoms with E-state index in [1.54, 1.807) is 0 Å². The summed E-state index contributed by atoms with van der Waals surface area (Å²) in [5.74, 6) is -0.863. The maximum atomic E-state index is 10.2. The average molecular weight is 128 g/mol. The van der Waals surface area contributed by atoms with Crippen molar-refractivity contribution in [1.29, 1.82) is 0 Å². The van der Waals surface area contributed by atoms with Gasteiger partial charge in [0, 0.05) is 12.8 Å². The Balaban J connectivity index is 2.50. The zero-order valence-corrected chi connectivity index (χ0v) is 4.87. The van der Waals surface area contributed by atoms with Gasteiger partial charge in [-0.05, 0) is 0 Å². The second-order valence-electron chi connectivity index (χ2n) is 1.83. The van der Waals surface area contributed by atoms with Gasteiger partial charge >= 0.3 is 5.97 Å². The Morgan fingerprint density at radius 3 is 3.00 bits per heavy atom. The summed E-state index contributed by atoms with van der Waals surface area (Å²) in [7, 11) is 0. The van der Waals surface area contributed by atoms with E-state index in [-0.39, 0.29) is 0 Å². The van der Waals surface area contributed by atoms with Crippen LogP contribution in [0.2, 0.25) is 0 Å². The van der Waals surface area contributed by atoms with Gasteiger partial charge in [0.05, 0.1) is 6.54 Å². The number of aliphatic carboxylic acids is 1. The Hall–Kier alpha value is -0.900. The fraction of sp³-hybridized carbons (Fsp3) is 0.600. The molecule has 0 aromatic carbocycles. The van der Waals surface area contributed by atoms with Crippen LogP contribution in [0.25, 0.3) is 0 Å². The summed E-state index contributed by atoms with van der Waals surface area (Å²) in [6, 6.07) is -0.571. The summed E-state index contributed by atoms with van der Waals surface area (Å²) in [5, 5.41) is 11.2. The topological polar surface area (TPSA) is 61.7 Å². The van der Waals surface area contributed by atoms with Crippen molar-refractivity contribution in [2.75, 3.05) is 13.1 Å². The normalized spacial score (nSPS) is 26.0. The van der Waals surface area contributed by atoms with Crippen LogP contribution >= 0.6 is 0 Å². The van der Waals surface area contributed by atoms with Crippen LogP contribution in [0.3, 0.4) is 0 Å². The number of nitrogens with one attached hydrogen (secondary N) is 1. The molecule has 1 heterocycles. The molecule has 0 radical (unpaired) electrons. The monoisotopic (exact) mass is 128 g/mol. The molecule has 4 nitrogen and oxygen atoms in total. The molecular formula is C5H8N2O2. The first kappa shape index (κ1) is 6.22. The van der Waals surface area contributed by atoms with Gasteiger partial charge in [0.15, 0.2) is 0 Å².